The van der Waals surface area contributed by atoms with Crippen molar-refractivity contribution in [3.63, 3.8) is 0 Å². The predicted molar refractivity (Wildman–Crippen MR) is 93.0 cm³/mol. The lowest BCUT2D eigenvalue weighted by Gasteiger charge is -2.19. The topological polar surface area (TPSA) is 43.4 Å². The molecular formula is C21H22O3. The van der Waals surface area contributed by atoms with E-state index in [1.807, 2.05) is 24.3 Å². The van der Waals surface area contributed by atoms with Crippen LogP contribution in [0.4, 0.5) is 0 Å². The quantitative estimate of drug-likeness (QED) is 0.780. The number of hydrogen-bond donors (Lipinski definition) is 0. The molecule has 3 nitrogen and oxygen atoms in total. The Morgan fingerprint density at radius 2 is 1.46 bits per heavy atom. The van der Waals surface area contributed by atoms with Crippen LogP contribution >= 0.6 is 0 Å². The molecule has 1 saturated carbocycles. The molecule has 1 fully saturated rings. The van der Waals surface area contributed by atoms with E-state index >= 15 is 0 Å². The van der Waals surface area contributed by atoms with E-state index in [4.69, 9.17) is 4.74 Å². The first-order chi connectivity index (χ1) is 11.6. The fraction of sp³-hybridized carbons (Fsp3) is 0.333. The minimum Gasteiger partial charge on any atom is -0.489 e. The van der Waals surface area contributed by atoms with Crippen LogP contribution in [0.15, 0.2) is 48.5 Å². The van der Waals surface area contributed by atoms with Gasteiger partial charge in [-0.1, -0.05) is 42.0 Å². The minimum absolute atomic E-state index is 0.0888. The molecule has 3 rings (SSSR count). The number of benzene rings is 2. The summed E-state index contributed by atoms with van der Waals surface area (Å²) < 4.78 is 5.79. The molecule has 3 heteroatoms. The van der Waals surface area contributed by atoms with Crippen molar-refractivity contribution in [3.05, 3.63) is 65.2 Å². The van der Waals surface area contributed by atoms with E-state index in [0.29, 0.717) is 32.3 Å². The lowest BCUT2D eigenvalue weighted by molar-refractivity contribution is -0.135. The lowest BCUT2D eigenvalue weighted by Crippen LogP contribution is -2.30. The second kappa shape index (κ2) is 7.43. The Hall–Kier alpha value is -2.42. The molecular weight excluding hydrogens is 300 g/mol. The van der Waals surface area contributed by atoms with Gasteiger partial charge in [-0.3, -0.25) is 9.59 Å². The smallest absolute Gasteiger partial charge is 0.143 e. The van der Waals surface area contributed by atoms with E-state index in [2.05, 4.69) is 31.2 Å². The zero-order valence-corrected chi connectivity index (χ0v) is 14.0. The van der Waals surface area contributed by atoms with E-state index < -0.39 is 5.92 Å². The number of ether oxygens (including phenoxy) is 1. The molecule has 124 valence electrons. The highest BCUT2D eigenvalue weighted by Crippen LogP contribution is 2.23. The Kier molecular flexibility index (Phi) is 5.09. The van der Waals surface area contributed by atoms with E-state index in [1.165, 1.54) is 5.56 Å². The molecule has 1 aliphatic carbocycles. The van der Waals surface area contributed by atoms with Gasteiger partial charge in [0, 0.05) is 12.8 Å². The van der Waals surface area contributed by atoms with Gasteiger partial charge in [-0.15, -0.1) is 0 Å². The van der Waals surface area contributed by atoms with Gasteiger partial charge in [-0.25, -0.2) is 0 Å². The number of carbonyl (C=O) groups excluding carboxylic acids is 2. The number of aryl methyl sites for hydroxylation is 1. The SMILES string of the molecule is Cc1ccc(COc2ccc(CC3C(=O)CCCC3=O)cc2)cc1. The maximum atomic E-state index is 11.9. The molecule has 24 heavy (non-hydrogen) atoms. The molecule has 0 N–H and O–H groups in total. The number of Topliss-reactive ketones (excluding diaryl/α,β-unsaturated/α-hetero) is 2. The molecule has 0 amide bonds. The van der Waals surface area contributed by atoms with Crippen LogP contribution < -0.4 is 4.74 Å². The van der Waals surface area contributed by atoms with Crippen molar-refractivity contribution in [2.75, 3.05) is 0 Å². The third-order valence-corrected chi connectivity index (χ3v) is 4.51. The van der Waals surface area contributed by atoms with Crippen LogP contribution in [0.3, 0.4) is 0 Å². The second-order valence-electron chi connectivity index (χ2n) is 6.46. The van der Waals surface area contributed by atoms with Gasteiger partial charge in [-0.2, -0.15) is 0 Å². The summed E-state index contributed by atoms with van der Waals surface area (Å²) in [7, 11) is 0. The summed E-state index contributed by atoms with van der Waals surface area (Å²) in [6, 6.07) is 16.0. The minimum atomic E-state index is -0.446. The number of rotatable bonds is 5. The normalized spacial score (nSPS) is 15.5. The van der Waals surface area contributed by atoms with Crippen molar-refractivity contribution in [3.8, 4) is 5.75 Å². The number of carbonyl (C=O) groups is 2. The summed E-state index contributed by atoms with van der Waals surface area (Å²) in [5.74, 6) is 0.524. The van der Waals surface area contributed by atoms with Crippen LogP contribution in [0.1, 0.15) is 36.0 Å². The van der Waals surface area contributed by atoms with Crippen molar-refractivity contribution in [2.24, 2.45) is 5.92 Å². The maximum Gasteiger partial charge on any atom is 0.143 e. The predicted octanol–water partition coefficient (Wildman–Crippen LogP) is 4.05. The van der Waals surface area contributed by atoms with Crippen LogP contribution in [0.5, 0.6) is 5.75 Å². The number of ketones is 2. The maximum absolute atomic E-state index is 11.9. The summed E-state index contributed by atoms with van der Waals surface area (Å²) in [4.78, 5) is 23.8. The van der Waals surface area contributed by atoms with Gasteiger partial charge in [0.25, 0.3) is 0 Å². The molecule has 0 atom stereocenters. The average Bonchev–Trinajstić information content (AvgIpc) is 2.59. The van der Waals surface area contributed by atoms with Crippen LogP contribution in [0.2, 0.25) is 0 Å². The number of hydrogen-bond acceptors (Lipinski definition) is 3. The highest BCUT2D eigenvalue weighted by Gasteiger charge is 2.29. The molecule has 0 spiro atoms. The third kappa shape index (κ3) is 4.10. The Morgan fingerprint density at radius 3 is 2.08 bits per heavy atom. The standard InChI is InChI=1S/C21H22O3/c1-15-5-7-17(8-6-15)14-24-18-11-9-16(10-12-18)13-19-20(22)3-2-4-21(19)23/h5-12,19H,2-4,13-14H2,1H3. The zero-order chi connectivity index (χ0) is 16.9. The van der Waals surface area contributed by atoms with E-state index in [0.717, 1.165) is 16.9 Å². The average molecular weight is 322 g/mol. The summed E-state index contributed by atoms with van der Waals surface area (Å²) in [5, 5.41) is 0. The van der Waals surface area contributed by atoms with Crippen LogP contribution in [-0.2, 0) is 22.6 Å². The van der Waals surface area contributed by atoms with Crippen LogP contribution in [0.25, 0.3) is 0 Å². The van der Waals surface area contributed by atoms with Crippen molar-refractivity contribution in [1.29, 1.82) is 0 Å². The second-order valence-corrected chi connectivity index (χ2v) is 6.46. The third-order valence-electron chi connectivity index (χ3n) is 4.51. The molecule has 0 aromatic heterocycles. The first kappa shape index (κ1) is 16.4. The molecule has 1 aliphatic rings. The van der Waals surface area contributed by atoms with Gasteiger partial charge in [0.15, 0.2) is 0 Å². The van der Waals surface area contributed by atoms with E-state index in [-0.39, 0.29) is 11.6 Å². The summed E-state index contributed by atoms with van der Waals surface area (Å²) in [6.07, 6.45) is 2.29. The van der Waals surface area contributed by atoms with Gasteiger partial charge >= 0.3 is 0 Å². The molecule has 0 unspecified atom stereocenters. The monoisotopic (exact) mass is 322 g/mol. The fourth-order valence-corrected chi connectivity index (χ4v) is 3.00. The fourth-order valence-electron chi connectivity index (χ4n) is 3.00. The Morgan fingerprint density at radius 1 is 0.875 bits per heavy atom. The van der Waals surface area contributed by atoms with Gasteiger partial charge in [0.05, 0.1) is 5.92 Å². The van der Waals surface area contributed by atoms with E-state index in [9.17, 15) is 9.59 Å². The van der Waals surface area contributed by atoms with Gasteiger partial charge in [-0.05, 0) is 43.0 Å². The highest BCUT2D eigenvalue weighted by molar-refractivity contribution is 6.04. The molecule has 0 radical (unpaired) electrons. The van der Waals surface area contributed by atoms with Gasteiger partial charge in [0.1, 0.15) is 23.9 Å². The summed E-state index contributed by atoms with van der Waals surface area (Å²) in [6.45, 7) is 2.59. The van der Waals surface area contributed by atoms with Gasteiger partial charge < -0.3 is 4.74 Å². The molecule has 0 bridgehead atoms. The van der Waals surface area contributed by atoms with Crippen molar-refractivity contribution in [2.45, 2.75) is 39.2 Å². The summed E-state index contributed by atoms with van der Waals surface area (Å²) >= 11 is 0. The Labute approximate surface area is 142 Å². The Balaban J connectivity index is 1.57. The lowest BCUT2D eigenvalue weighted by atomic mass is 9.82. The first-order valence-electron chi connectivity index (χ1n) is 8.44. The Bertz CT molecular complexity index is 698. The van der Waals surface area contributed by atoms with Crippen LogP contribution in [0, 0.1) is 12.8 Å². The van der Waals surface area contributed by atoms with Crippen LogP contribution in [-0.4, -0.2) is 11.6 Å². The molecule has 2 aromatic carbocycles. The first-order valence-corrected chi connectivity index (χ1v) is 8.44. The van der Waals surface area contributed by atoms with E-state index in [1.54, 1.807) is 0 Å². The zero-order valence-electron chi connectivity index (χ0n) is 14.0. The van der Waals surface area contributed by atoms with Crippen molar-refractivity contribution in [1.82, 2.24) is 0 Å². The van der Waals surface area contributed by atoms with Crippen molar-refractivity contribution < 1.29 is 14.3 Å². The largest absolute Gasteiger partial charge is 0.489 e. The molecule has 0 heterocycles. The molecule has 0 aliphatic heterocycles. The molecule has 0 saturated heterocycles. The van der Waals surface area contributed by atoms with Gasteiger partial charge in [0.2, 0.25) is 0 Å². The summed E-state index contributed by atoms with van der Waals surface area (Å²) in [5.41, 5.74) is 3.37. The molecule has 2 aromatic rings. The van der Waals surface area contributed by atoms with Crippen molar-refractivity contribution >= 4 is 11.6 Å². The highest BCUT2D eigenvalue weighted by atomic mass is 16.5.